The van der Waals surface area contributed by atoms with Crippen LogP contribution in [0.15, 0.2) is 28.8 Å². The molecular weight excluding hydrogens is 398 g/mol. The normalized spacial score (nSPS) is 13.6. The SMILES string of the molecule is Cc1ccc(OC(F)F)c(C(=O)COC(=O)c2cc(C3CC3)nc3onc(C)c23)c1. The Morgan fingerprint density at radius 1 is 1.20 bits per heavy atom. The highest BCUT2D eigenvalue weighted by molar-refractivity contribution is 6.05. The summed E-state index contributed by atoms with van der Waals surface area (Å²) in [7, 11) is 0. The van der Waals surface area contributed by atoms with Crippen molar-refractivity contribution in [3.05, 3.63) is 52.3 Å². The van der Waals surface area contributed by atoms with Crippen LogP contribution in [-0.4, -0.2) is 35.1 Å². The van der Waals surface area contributed by atoms with Gasteiger partial charge in [-0.25, -0.2) is 9.78 Å². The Kier molecular flexibility index (Phi) is 5.19. The van der Waals surface area contributed by atoms with Crippen molar-refractivity contribution in [1.82, 2.24) is 10.1 Å². The monoisotopic (exact) mass is 416 g/mol. The molecule has 7 nitrogen and oxygen atoms in total. The zero-order chi connectivity index (χ0) is 21.4. The number of esters is 1. The number of fused-ring (bicyclic) bond motifs is 1. The van der Waals surface area contributed by atoms with Crippen molar-refractivity contribution in [2.75, 3.05) is 6.61 Å². The Morgan fingerprint density at radius 3 is 2.67 bits per heavy atom. The van der Waals surface area contributed by atoms with Gasteiger partial charge in [-0.2, -0.15) is 8.78 Å². The molecule has 156 valence electrons. The molecule has 2 aromatic heterocycles. The average Bonchev–Trinajstić information content (AvgIpc) is 3.49. The fraction of sp³-hybridized carbons (Fsp3) is 0.333. The van der Waals surface area contributed by atoms with E-state index in [4.69, 9.17) is 9.26 Å². The fourth-order valence-corrected chi connectivity index (χ4v) is 3.21. The maximum absolute atomic E-state index is 12.7. The van der Waals surface area contributed by atoms with Crippen LogP contribution in [0.5, 0.6) is 5.75 Å². The van der Waals surface area contributed by atoms with Gasteiger partial charge in [0.15, 0.2) is 6.61 Å². The summed E-state index contributed by atoms with van der Waals surface area (Å²) in [5, 5.41) is 4.28. The molecule has 0 saturated heterocycles. The molecule has 0 spiro atoms. The predicted molar refractivity (Wildman–Crippen MR) is 101 cm³/mol. The number of hydrogen-bond donors (Lipinski definition) is 0. The fourth-order valence-electron chi connectivity index (χ4n) is 3.21. The molecule has 0 amide bonds. The first kappa shape index (κ1) is 19.9. The molecule has 30 heavy (non-hydrogen) atoms. The summed E-state index contributed by atoms with van der Waals surface area (Å²) in [5.41, 5.74) is 2.23. The molecule has 0 aliphatic heterocycles. The first-order valence-corrected chi connectivity index (χ1v) is 9.36. The van der Waals surface area contributed by atoms with Crippen molar-refractivity contribution in [2.24, 2.45) is 0 Å². The van der Waals surface area contributed by atoms with E-state index >= 15 is 0 Å². The lowest BCUT2D eigenvalue weighted by molar-refractivity contribution is -0.0502. The van der Waals surface area contributed by atoms with Gasteiger partial charge < -0.3 is 14.0 Å². The molecule has 2 heterocycles. The zero-order valence-electron chi connectivity index (χ0n) is 16.3. The molecule has 1 aromatic carbocycles. The van der Waals surface area contributed by atoms with Crippen LogP contribution in [0.4, 0.5) is 8.78 Å². The third-order valence-electron chi connectivity index (χ3n) is 4.84. The first-order valence-electron chi connectivity index (χ1n) is 9.36. The minimum Gasteiger partial charge on any atom is -0.454 e. The quantitative estimate of drug-likeness (QED) is 0.417. The van der Waals surface area contributed by atoms with Gasteiger partial charge in [-0.1, -0.05) is 16.8 Å². The number of halogens is 2. The minimum atomic E-state index is -3.08. The number of aryl methyl sites for hydroxylation is 2. The van der Waals surface area contributed by atoms with Gasteiger partial charge in [-0.15, -0.1) is 0 Å². The van der Waals surface area contributed by atoms with Gasteiger partial charge in [0.2, 0.25) is 5.78 Å². The van der Waals surface area contributed by atoms with Crippen LogP contribution in [0.25, 0.3) is 11.1 Å². The van der Waals surface area contributed by atoms with Crippen molar-refractivity contribution in [1.29, 1.82) is 0 Å². The number of benzene rings is 1. The maximum Gasteiger partial charge on any atom is 0.387 e. The van der Waals surface area contributed by atoms with Crippen LogP contribution in [0.2, 0.25) is 0 Å². The molecule has 4 rings (SSSR count). The molecule has 0 N–H and O–H groups in total. The van der Waals surface area contributed by atoms with E-state index in [1.807, 2.05) is 0 Å². The van der Waals surface area contributed by atoms with E-state index in [0.29, 0.717) is 22.3 Å². The number of carbonyl (C=O) groups excluding carboxylic acids is 2. The Labute approximate surface area is 170 Å². The minimum absolute atomic E-state index is 0.0807. The molecule has 0 atom stereocenters. The molecule has 1 aliphatic rings. The second kappa shape index (κ2) is 7.81. The van der Waals surface area contributed by atoms with Crippen LogP contribution in [-0.2, 0) is 4.74 Å². The molecule has 1 fully saturated rings. The second-order valence-corrected chi connectivity index (χ2v) is 7.19. The van der Waals surface area contributed by atoms with E-state index in [0.717, 1.165) is 12.8 Å². The molecule has 0 unspecified atom stereocenters. The van der Waals surface area contributed by atoms with Crippen molar-refractivity contribution in [2.45, 2.75) is 39.2 Å². The lowest BCUT2D eigenvalue weighted by atomic mass is 10.1. The highest BCUT2D eigenvalue weighted by atomic mass is 19.3. The van der Waals surface area contributed by atoms with E-state index in [1.165, 1.54) is 12.1 Å². The highest BCUT2D eigenvalue weighted by Crippen LogP contribution is 2.40. The van der Waals surface area contributed by atoms with Crippen LogP contribution in [0, 0.1) is 13.8 Å². The largest absolute Gasteiger partial charge is 0.454 e. The van der Waals surface area contributed by atoms with E-state index < -0.39 is 25.0 Å². The van der Waals surface area contributed by atoms with Crippen LogP contribution in [0.3, 0.4) is 0 Å². The summed E-state index contributed by atoms with van der Waals surface area (Å²) in [6.45, 7) is -0.331. The molecule has 1 saturated carbocycles. The number of ketones is 1. The molecule has 9 heteroatoms. The Hall–Kier alpha value is -3.36. The van der Waals surface area contributed by atoms with E-state index in [-0.39, 0.29) is 28.5 Å². The van der Waals surface area contributed by atoms with Crippen LogP contribution in [0.1, 0.15) is 56.4 Å². The number of pyridine rings is 1. The smallest absolute Gasteiger partial charge is 0.387 e. The summed E-state index contributed by atoms with van der Waals surface area (Å²) in [4.78, 5) is 29.7. The summed E-state index contributed by atoms with van der Waals surface area (Å²) < 4.78 is 40.0. The van der Waals surface area contributed by atoms with Crippen LogP contribution < -0.4 is 4.74 Å². The topological polar surface area (TPSA) is 91.5 Å². The summed E-state index contributed by atoms with van der Waals surface area (Å²) in [6.07, 6.45) is 1.94. The van der Waals surface area contributed by atoms with Crippen LogP contribution >= 0.6 is 0 Å². The van der Waals surface area contributed by atoms with Crippen molar-refractivity contribution >= 4 is 22.9 Å². The number of rotatable bonds is 7. The first-order chi connectivity index (χ1) is 14.3. The predicted octanol–water partition coefficient (Wildman–Crippen LogP) is 4.36. The number of alkyl halides is 2. The zero-order valence-corrected chi connectivity index (χ0v) is 16.3. The number of nitrogens with zero attached hydrogens (tertiary/aromatic N) is 2. The van der Waals surface area contributed by atoms with Crippen molar-refractivity contribution in [3.63, 3.8) is 0 Å². The summed E-state index contributed by atoms with van der Waals surface area (Å²) in [5.74, 6) is -1.41. The molecule has 3 aromatic rings. The summed E-state index contributed by atoms with van der Waals surface area (Å²) >= 11 is 0. The molecular formula is C21H18F2N2O5. The van der Waals surface area contributed by atoms with Crippen molar-refractivity contribution in [3.8, 4) is 5.75 Å². The van der Waals surface area contributed by atoms with E-state index in [9.17, 15) is 18.4 Å². The number of Topliss-reactive ketones (excluding diaryl/α,β-unsaturated/α-hetero) is 1. The van der Waals surface area contributed by atoms with Gasteiger partial charge >= 0.3 is 12.6 Å². The Bertz CT molecular complexity index is 1140. The van der Waals surface area contributed by atoms with E-state index in [1.54, 1.807) is 26.0 Å². The number of ether oxygens (including phenoxy) is 2. The lowest BCUT2D eigenvalue weighted by Gasteiger charge is -2.11. The van der Waals surface area contributed by atoms with Gasteiger partial charge in [0.25, 0.3) is 5.71 Å². The Balaban J connectivity index is 1.56. The second-order valence-electron chi connectivity index (χ2n) is 7.19. The van der Waals surface area contributed by atoms with E-state index in [2.05, 4.69) is 14.9 Å². The lowest BCUT2D eigenvalue weighted by Crippen LogP contribution is -2.17. The van der Waals surface area contributed by atoms with Gasteiger partial charge in [0.05, 0.1) is 22.2 Å². The average molecular weight is 416 g/mol. The van der Waals surface area contributed by atoms with Gasteiger partial charge in [-0.3, -0.25) is 4.79 Å². The van der Waals surface area contributed by atoms with Gasteiger partial charge in [-0.05, 0) is 44.9 Å². The highest BCUT2D eigenvalue weighted by Gasteiger charge is 2.29. The maximum atomic E-state index is 12.7. The third-order valence-corrected chi connectivity index (χ3v) is 4.84. The van der Waals surface area contributed by atoms with Gasteiger partial charge in [0, 0.05) is 11.6 Å². The third kappa shape index (κ3) is 4.00. The van der Waals surface area contributed by atoms with Gasteiger partial charge in [0.1, 0.15) is 5.75 Å². The molecule has 0 radical (unpaired) electrons. The Morgan fingerprint density at radius 2 is 1.97 bits per heavy atom. The number of aromatic nitrogens is 2. The standard InChI is InChI=1S/C21H18F2N2O5/c1-10-3-6-17(29-21(22)23)13(7-10)16(26)9-28-20(27)14-8-15(12-4-5-12)24-19-18(14)11(2)25-30-19/h3,6-8,12,21H,4-5,9H2,1-2H3. The molecule has 0 bridgehead atoms. The molecule has 1 aliphatic carbocycles. The number of carbonyl (C=O) groups is 2. The number of hydrogen-bond acceptors (Lipinski definition) is 7. The summed E-state index contributed by atoms with van der Waals surface area (Å²) in [6, 6.07) is 5.87. The van der Waals surface area contributed by atoms with Crippen molar-refractivity contribution < 1.29 is 32.4 Å².